The standard InChI is InChI=1S/C26H22F2N4O4/c1-14-10-20(31-24(34)23-18(27)8-5-9-19(23)28)17(11-16(14)15-6-3-2-4-7-15)21-12-26(25(30)35,36-32-21)13-22(29)33/h2-11H,12-13H2,1H3,(H2,29,33)(H2,30,35)(H,31,34). The lowest BCUT2D eigenvalue weighted by molar-refractivity contribution is -0.145. The van der Waals surface area contributed by atoms with Crippen molar-refractivity contribution in [1.29, 1.82) is 0 Å². The maximum absolute atomic E-state index is 14.2. The van der Waals surface area contributed by atoms with E-state index in [2.05, 4.69) is 10.5 Å². The lowest BCUT2D eigenvalue weighted by Gasteiger charge is -2.21. The molecule has 36 heavy (non-hydrogen) atoms. The van der Waals surface area contributed by atoms with Gasteiger partial charge in [0.2, 0.25) is 11.5 Å². The molecular weight excluding hydrogens is 470 g/mol. The molecule has 1 heterocycles. The summed E-state index contributed by atoms with van der Waals surface area (Å²) >= 11 is 0. The van der Waals surface area contributed by atoms with Crippen LogP contribution in [0.4, 0.5) is 14.5 Å². The van der Waals surface area contributed by atoms with E-state index in [4.69, 9.17) is 16.3 Å². The topological polar surface area (TPSA) is 137 Å². The smallest absolute Gasteiger partial charge is 0.265 e. The lowest BCUT2D eigenvalue weighted by atomic mass is 9.87. The summed E-state index contributed by atoms with van der Waals surface area (Å²) in [5.74, 6) is -4.82. The van der Waals surface area contributed by atoms with Crippen molar-refractivity contribution in [3.8, 4) is 11.1 Å². The number of carbonyl (C=O) groups excluding carboxylic acids is 3. The van der Waals surface area contributed by atoms with Gasteiger partial charge in [-0.2, -0.15) is 0 Å². The number of benzene rings is 3. The number of nitrogens with two attached hydrogens (primary N) is 2. The van der Waals surface area contributed by atoms with E-state index < -0.39 is 46.9 Å². The molecule has 8 nitrogen and oxygen atoms in total. The van der Waals surface area contributed by atoms with Crippen molar-refractivity contribution in [3.63, 3.8) is 0 Å². The average Bonchev–Trinajstić information content (AvgIpc) is 3.24. The minimum Gasteiger partial charge on any atom is -0.378 e. The van der Waals surface area contributed by atoms with E-state index in [0.717, 1.165) is 34.9 Å². The van der Waals surface area contributed by atoms with Gasteiger partial charge < -0.3 is 21.6 Å². The number of oxime groups is 1. The van der Waals surface area contributed by atoms with E-state index in [9.17, 15) is 23.2 Å². The van der Waals surface area contributed by atoms with E-state index in [0.29, 0.717) is 5.56 Å². The zero-order valence-electron chi connectivity index (χ0n) is 19.2. The van der Waals surface area contributed by atoms with E-state index in [1.807, 2.05) is 30.3 Å². The Kier molecular flexibility index (Phi) is 6.52. The molecule has 1 aliphatic heterocycles. The fraction of sp³-hybridized carbons (Fsp3) is 0.154. The number of hydrogen-bond acceptors (Lipinski definition) is 5. The highest BCUT2D eigenvalue weighted by atomic mass is 19.1. The van der Waals surface area contributed by atoms with Crippen LogP contribution in [-0.4, -0.2) is 29.0 Å². The zero-order valence-corrected chi connectivity index (χ0v) is 19.2. The molecule has 3 aromatic rings. The zero-order chi connectivity index (χ0) is 26.0. The monoisotopic (exact) mass is 492 g/mol. The van der Waals surface area contributed by atoms with Crippen molar-refractivity contribution in [3.05, 3.63) is 89.0 Å². The molecule has 3 aromatic carbocycles. The van der Waals surface area contributed by atoms with Crippen LogP contribution in [0.2, 0.25) is 0 Å². The molecule has 10 heteroatoms. The van der Waals surface area contributed by atoms with Crippen LogP contribution in [0, 0.1) is 18.6 Å². The maximum atomic E-state index is 14.2. The summed E-state index contributed by atoms with van der Waals surface area (Å²) in [5.41, 5.74) is 11.3. The molecule has 0 saturated carbocycles. The first-order valence-electron chi connectivity index (χ1n) is 10.9. The molecule has 5 N–H and O–H groups in total. The highest BCUT2D eigenvalue weighted by Crippen LogP contribution is 2.36. The SMILES string of the molecule is Cc1cc(NC(=O)c2c(F)cccc2F)c(C2=NOC(CC(N)=O)(C(N)=O)C2)cc1-c1ccccc1. The molecule has 1 atom stereocenters. The summed E-state index contributed by atoms with van der Waals surface area (Å²) in [5, 5.41) is 6.52. The van der Waals surface area contributed by atoms with Crippen molar-refractivity contribution < 1.29 is 28.0 Å². The van der Waals surface area contributed by atoms with Gasteiger partial charge >= 0.3 is 0 Å². The third kappa shape index (κ3) is 4.65. The highest BCUT2D eigenvalue weighted by molar-refractivity contribution is 6.14. The minimum atomic E-state index is -1.79. The second kappa shape index (κ2) is 9.57. The Morgan fingerprint density at radius 3 is 2.28 bits per heavy atom. The van der Waals surface area contributed by atoms with Crippen molar-refractivity contribution in [2.45, 2.75) is 25.4 Å². The van der Waals surface area contributed by atoms with Crippen molar-refractivity contribution >= 4 is 29.1 Å². The molecule has 0 bridgehead atoms. The largest absolute Gasteiger partial charge is 0.378 e. The van der Waals surface area contributed by atoms with Crippen LogP contribution in [0.5, 0.6) is 0 Å². The van der Waals surface area contributed by atoms with Crippen LogP contribution in [-0.2, 0) is 14.4 Å². The van der Waals surface area contributed by atoms with Crippen molar-refractivity contribution in [2.75, 3.05) is 5.32 Å². The molecule has 0 fully saturated rings. The van der Waals surface area contributed by atoms with Gasteiger partial charge in [0.1, 0.15) is 17.2 Å². The molecule has 1 unspecified atom stereocenters. The first-order chi connectivity index (χ1) is 17.1. The summed E-state index contributed by atoms with van der Waals surface area (Å²) in [6.07, 6.45) is -0.714. The Hall–Kier alpha value is -4.60. The Bertz CT molecular complexity index is 1390. The fourth-order valence-corrected chi connectivity index (χ4v) is 4.10. The van der Waals surface area contributed by atoms with E-state index in [-0.39, 0.29) is 17.8 Å². The Morgan fingerprint density at radius 2 is 1.67 bits per heavy atom. The molecule has 0 spiro atoms. The molecule has 0 saturated heterocycles. The number of primary amides is 2. The number of amides is 3. The summed E-state index contributed by atoms with van der Waals surface area (Å²) in [6.45, 7) is 1.80. The van der Waals surface area contributed by atoms with E-state index in [1.165, 1.54) is 0 Å². The van der Waals surface area contributed by atoms with Gasteiger partial charge in [-0.05, 0) is 47.9 Å². The fourth-order valence-electron chi connectivity index (χ4n) is 4.10. The number of anilines is 1. The van der Waals surface area contributed by atoms with Gasteiger partial charge in [-0.25, -0.2) is 8.78 Å². The normalized spacial score (nSPS) is 16.7. The van der Waals surface area contributed by atoms with Gasteiger partial charge in [-0.1, -0.05) is 41.6 Å². The number of nitrogens with one attached hydrogen (secondary N) is 1. The Balaban J connectivity index is 1.81. The van der Waals surface area contributed by atoms with Gasteiger partial charge in [0.25, 0.3) is 11.8 Å². The third-order valence-corrected chi connectivity index (χ3v) is 5.89. The third-order valence-electron chi connectivity index (χ3n) is 5.89. The van der Waals surface area contributed by atoms with Gasteiger partial charge in [0.05, 0.1) is 17.8 Å². The highest BCUT2D eigenvalue weighted by Gasteiger charge is 2.47. The van der Waals surface area contributed by atoms with Gasteiger partial charge in [0.15, 0.2) is 0 Å². The van der Waals surface area contributed by atoms with Crippen LogP contribution in [0.3, 0.4) is 0 Å². The minimum absolute atomic E-state index is 0.168. The van der Waals surface area contributed by atoms with Crippen LogP contribution < -0.4 is 16.8 Å². The maximum Gasteiger partial charge on any atom is 0.265 e. The summed E-state index contributed by atoms with van der Waals surface area (Å²) < 4.78 is 28.5. The predicted molar refractivity (Wildman–Crippen MR) is 129 cm³/mol. The van der Waals surface area contributed by atoms with E-state index in [1.54, 1.807) is 19.1 Å². The lowest BCUT2D eigenvalue weighted by Crippen LogP contribution is -2.47. The second-order valence-electron chi connectivity index (χ2n) is 8.44. The predicted octanol–water partition coefficient (Wildman–Crippen LogP) is 3.42. The first-order valence-corrected chi connectivity index (χ1v) is 10.9. The molecular formula is C26H22F2N4O4. The molecule has 4 rings (SSSR count). The van der Waals surface area contributed by atoms with Gasteiger partial charge in [-0.3, -0.25) is 14.4 Å². The molecule has 184 valence electrons. The average molecular weight is 492 g/mol. The molecule has 0 aromatic heterocycles. The van der Waals surface area contributed by atoms with Gasteiger partial charge in [-0.15, -0.1) is 0 Å². The molecule has 0 aliphatic carbocycles. The summed E-state index contributed by atoms with van der Waals surface area (Å²) in [6, 6.07) is 15.8. The van der Waals surface area contributed by atoms with E-state index >= 15 is 0 Å². The van der Waals surface area contributed by atoms with Crippen LogP contribution >= 0.6 is 0 Å². The summed E-state index contributed by atoms with van der Waals surface area (Å²) in [7, 11) is 0. The quantitative estimate of drug-likeness (QED) is 0.465. The number of nitrogens with zero attached hydrogens (tertiary/aromatic N) is 1. The van der Waals surface area contributed by atoms with Gasteiger partial charge in [0, 0.05) is 12.0 Å². The summed E-state index contributed by atoms with van der Waals surface area (Å²) in [4.78, 5) is 41.9. The number of carbonyl (C=O) groups is 3. The number of hydrogen-bond donors (Lipinski definition) is 3. The number of halogens is 2. The number of rotatable bonds is 7. The molecule has 3 amide bonds. The Morgan fingerprint density at radius 1 is 1.00 bits per heavy atom. The Labute approximate surface area is 204 Å². The number of aryl methyl sites for hydroxylation is 1. The van der Waals surface area contributed by atoms with Crippen LogP contribution in [0.1, 0.15) is 34.3 Å². The van der Waals surface area contributed by atoms with Crippen molar-refractivity contribution in [1.82, 2.24) is 0 Å². The van der Waals surface area contributed by atoms with Crippen LogP contribution in [0.15, 0.2) is 65.8 Å². The van der Waals surface area contributed by atoms with Crippen LogP contribution in [0.25, 0.3) is 11.1 Å². The second-order valence-corrected chi connectivity index (χ2v) is 8.44. The van der Waals surface area contributed by atoms with Crippen molar-refractivity contribution in [2.24, 2.45) is 16.6 Å². The first kappa shape index (κ1) is 24.5. The molecule has 1 aliphatic rings. The molecule has 0 radical (unpaired) electrons.